The van der Waals surface area contributed by atoms with Gasteiger partial charge in [-0.3, -0.25) is 0 Å². The van der Waals surface area contributed by atoms with Crippen molar-refractivity contribution in [2.75, 3.05) is 11.9 Å². The molecule has 0 aliphatic heterocycles. The molecule has 1 aromatic rings. The van der Waals surface area contributed by atoms with Crippen LogP contribution in [-0.2, 0) is 0 Å². The first-order valence-electron chi connectivity index (χ1n) is 4.85. The van der Waals surface area contributed by atoms with Gasteiger partial charge in [-0.15, -0.1) is 0 Å². The summed E-state index contributed by atoms with van der Waals surface area (Å²) < 4.78 is 1.000. The van der Waals surface area contributed by atoms with Crippen LogP contribution >= 0.6 is 15.9 Å². The van der Waals surface area contributed by atoms with Crippen molar-refractivity contribution in [2.45, 2.75) is 24.8 Å². The SMILES string of the molecule is NCC1(Nc2ncccc2Br)CCC1. The molecule has 0 atom stereocenters. The maximum atomic E-state index is 5.76. The molecule has 2 rings (SSSR count). The second kappa shape index (κ2) is 3.87. The summed E-state index contributed by atoms with van der Waals surface area (Å²) in [7, 11) is 0. The van der Waals surface area contributed by atoms with Crippen LogP contribution in [0.3, 0.4) is 0 Å². The molecule has 1 aliphatic carbocycles. The average Bonchev–Trinajstić information content (AvgIpc) is 2.14. The molecule has 14 heavy (non-hydrogen) atoms. The minimum atomic E-state index is 0.0941. The Labute approximate surface area is 92.2 Å². The van der Waals surface area contributed by atoms with E-state index in [9.17, 15) is 0 Å². The Morgan fingerprint density at radius 2 is 2.36 bits per heavy atom. The first kappa shape index (κ1) is 9.93. The van der Waals surface area contributed by atoms with E-state index >= 15 is 0 Å². The van der Waals surface area contributed by atoms with E-state index in [0.29, 0.717) is 6.54 Å². The van der Waals surface area contributed by atoms with Gasteiger partial charge in [-0.25, -0.2) is 4.98 Å². The molecule has 0 unspecified atom stereocenters. The third-order valence-electron chi connectivity index (χ3n) is 2.84. The number of nitrogens with one attached hydrogen (secondary N) is 1. The number of pyridine rings is 1. The minimum absolute atomic E-state index is 0.0941. The van der Waals surface area contributed by atoms with E-state index in [1.54, 1.807) is 6.20 Å². The van der Waals surface area contributed by atoms with Crippen LogP contribution in [0.4, 0.5) is 5.82 Å². The number of nitrogens with two attached hydrogens (primary N) is 1. The first-order valence-corrected chi connectivity index (χ1v) is 5.64. The highest BCUT2D eigenvalue weighted by molar-refractivity contribution is 9.10. The highest BCUT2D eigenvalue weighted by Gasteiger charge is 2.35. The zero-order valence-corrected chi connectivity index (χ0v) is 9.55. The number of aromatic nitrogens is 1. The van der Waals surface area contributed by atoms with Gasteiger partial charge >= 0.3 is 0 Å². The van der Waals surface area contributed by atoms with E-state index in [1.165, 1.54) is 6.42 Å². The Hall–Kier alpha value is -0.610. The number of anilines is 1. The molecule has 0 radical (unpaired) electrons. The van der Waals surface area contributed by atoms with Crippen LogP contribution in [0.2, 0.25) is 0 Å². The van der Waals surface area contributed by atoms with Crippen molar-refractivity contribution in [1.29, 1.82) is 0 Å². The second-order valence-corrected chi connectivity index (χ2v) is 4.65. The van der Waals surface area contributed by atoms with E-state index in [4.69, 9.17) is 5.73 Å². The van der Waals surface area contributed by atoms with E-state index in [1.807, 2.05) is 12.1 Å². The molecule has 76 valence electrons. The summed E-state index contributed by atoms with van der Waals surface area (Å²) in [4.78, 5) is 4.28. The van der Waals surface area contributed by atoms with Gasteiger partial charge in [-0.05, 0) is 47.3 Å². The van der Waals surface area contributed by atoms with Crippen molar-refractivity contribution in [1.82, 2.24) is 4.98 Å². The lowest BCUT2D eigenvalue weighted by Crippen LogP contribution is -2.51. The van der Waals surface area contributed by atoms with Gasteiger partial charge in [0.1, 0.15) is 5.82 Å². The monoisotopic (exact) mass is 255 g/mol. The van der Waals surface area contributed by atoms with Crippen molar-refractivity contribution >= 4 is 21.7 Å². The zero-order chi connectivity index (χ0) is 10.0. The molecule has 1 fully saturated rings. The standard InChI is InChI=1S/C10H14BrN3/c11-8-3-1-6-13-9(8)14-10(7-12)4-2-5-10/h1,3,6H,2,4-5,7,12H2,(H,13,14). The largest absolute Gasteiger partial charge is 0.362 e. The molecule has 1 saturated carbocycles. The minimum Gasteiger partial charge on any atom is -0.362 e. The molecule has 3 nitrogen and oxygen atoms in total. The zero-order valence-electron chi connectivity index (χ0n) is 7.96. The van der Waals surface area contributed by atoms with Gasteiger partial charge in [0.25, 0.3) is 0 Å². The molecule has 0 bridgehead atoms. The summed E-state index contributed by atoms with van der Waals surface area (Å²) >= 11 is 3.47. The Morgan fingerprint density at radius 3 is 2.86 bits per heavy atom. The number of hydrogen-bond acceptors (Lipinski definition) is 3. The molecule has 4 heteroatoms. The molecule has 1 aliphatic rings. The summed E-state index contributed by atoms with van der Waals surface area (Å²) in [5, 5.41) is 3.43. The Kier molecular flexibility index (Phi) is 2.74. The third kappa shape index (κ3) is 1.77. The van der Waals surface area contributed by atoms with Crippen molar-refractivity contribution < 1.29 is 0 Å². The lowest BCUT2D eigenvalue weighted by molar-refractivity contribution is 0.286. The molecule has 1 heterocycles. The average molecular weight is 256 g/mol. The van der Waals surface area contributed by atoms with E-state index in [2.05, 4.69) is 26.2 Å². The highest BCUT2D eigenvalue weighted by atomic mass is 79.9. The van der Waals surface area contributed by atoms with Crippen LogP contribution in [-0.4, -0.2) is 17.1 Å². The van der Waals surface area contributed by atoms with Gasteiger partial charge in [0.05, 0.1) is 10.0 Å². The van der Waals surface area contributed by atoms with Crippen molar-refractivity contribution in [3.63, 3.8) is 0 Å². The van der Waals surface area contributed by atoms with Crippen LogP contribution in [0.15, 0.2) is 22.8 Å². The molecular formula is C10H14BrN3. The summed E-state index contributed by atoms with van der Waals surface area (Å²) in [6, 6.07) is 3.89. The number of nitrogens with zero attached hydrogens (tertiary/aromatic N) is 1. The van der Waals surface area contributed by atoms with Gasteiger partial charge in [-0.2, -0.15) is 0 Å². The van der Waals surface area contributed by atoms with Crippen molar-refractivity contribution in [3.8, 4) is 0 Å². The lowest BCUT2D eigenvalue weighted by atomic mass is 9.77. The second-order valence-electron chi connectivity index (χ2n) is 3.80. The van der Waals surface area contributed by atoms with Crippen LogP contribution in [0.1, 0.15) is 19.3 Å². The Morgan fingerprint density at radius 1 is 1.57 bits per heavy atom. The molecule has 0 saturated heterocycles. The van der Waals surface area contributed by atoms with E-state index < -0.39 is 0 Å². The molecule has 3 N–H and O–H groups in total. The van der Waals surface area contributed by atoms with E-state index in [0.717, 1.165) is 23.1 Å². The number of rotatable bonds is 3. The topological polar surface area (TPSA) is 50.9 Å². The highest BCUT2D eigenvalue weighted by Crippen LogP contribution is 2.35. The Bertz CT molecular complexity index is 317. The fraction of sp³-hybridized carbons (Fsp3) is 0.500. The maximum Gasteiger partial charge on any atom is 0.140 e. The van der Waals surface area contributed by atoms with Crippen molar-refractivity contribution in [2.24, 2.45) is 5.73 Å². The fourth-order valence-corrected chi connectivity index (χ4v) is 2.07. The molecule has 0 spiro atoms. The van der Waals surface area contributed by atoms with Gasteiger partial charge < -0.3 is 11.1 Å². The van der Waals surface area contributed by atoms with Crippen LogP contribution < -0.4 is 11.1 Å². The normalized spacial score (nSPS) is 18.7. The molecule has 0 aromatic carbocycles. The fourth-order valence-electron chi connectivity index (χ4n) is 1.71. The maximum absolute atomic E-state index is 5.76. The van der Waals surface area contributed by atoms with Crippen molar-refractivity contribution in [3.05, 3.63) is 22.8 Å². The summed E-state index contributed by atoms with van der Waals surface area (Å²) in [6.07, 6.45) is 5.34. The predicted molar refractivity (Wildman–Crippen MR) is 61.2 cm³/mol. The van der Waals surface area contributed by atoms with Crippen LogP contribution in [0, 0.1) is 0 Å². The summed E-state index contributed by atoms with van der Waals surface area (Å²) in [5.41, 5.74) is 5.86. The first-order chi connectivity index (χ1) is 6.76. The number of halogens is 1. The van der Waals surface area contributed by atoms with Gasteiger partial charge in [0, 0.05) is 12.7 Å². The van der Waals surface area contributed by atoms with Gasteiger partial charge in [-0.1, -0.05) is 0 Å². The molecule has 0 amide bonds. The summed E-state index contributed by atoms with van der Waals surface area (Å²) in [6.45, 7) is 0.677. The smallest absolute Gasteiger partial charge is 0.140 e. The Balaban J connectivity index is 2.13. The van der Waals surface area contributed by atoms with E-state index in [-0.39, 0.29) is 5.54 Å². The predicted octanol–water partition coefficient (Wildman–Crippen LogP) is 2.14. The molecule has 1 aromatic heterocycles. The van der Waals surface area contributed by atoms with Gasteiger partial charge in [0.2, 0.25) is 0 Å². The summed E-state index contributed by atoms with van der Waals surface area (Å²) in [5.74, 6) is 0.901. The van der Waals surface area contributed by atoms with Crippen LogP contribution in [0.5, 0.6) is 0 Å². The van der Waals surface area contributed by atoms with Crippen LogP contribution in [0.25, 0.3) is 0 Å². The molecular weight excluding hydrogens is 242 g/mol. The van der Waals surface area contributed by atoms with Gasteiger partial charge in [0.15, 0.2) is 0 Å². The third-order valence-corrected chi connectivity index (χ3v) is 3.48. The number of hydrogen-bond donors (Lipinski definition) is 2. The quantitative estimate of drug-likeness (QED) is 0.871. The lowest BCUT2D eigenvalue weighted by Gasteiger charge is -2.42.